The van der Waals surface area contributed by atoms with Crippen LogP contribution in [0.4, 0.5) is 5.69 Å². The zero-order chi connectivity index (χ0) is 21.9. The first-order valence-electron chi connectivity index (χ1n) is 9.39. The largest absolute Gasteiger partial charge is 0.493 e. The van der Waals surface area contributed by atoms with E-state index in [9.17, 15) is 8.42 Å². The number of methoxy groups -OCH3 is 1. The summed E-state index contributed by atoms with van der Waals surface area (Å²) in [6, 6.07) is 16.2. The molecule has 0 aliphatic heterocycles. The summed E-state index contributed by atoms with van der Waals surface area (Å²) in [5, 5.41) is 3.41. The standard InChI is InChI=1S/C23H24BrNO4S/c1-15-8-10-19(11-9-15)30(26,27)29-23-20(24)12-18(13-22(23)28-4)14-25-21-7-5-6-16(2)17(21)3/h5-13,25H,14H2,1-4H3. The molecule has 1 N–H and O–H groups in total. The van der Waals surface area contributed by atoms with Gasteiger partial charge in [-0.05, 0) is 83.7 Å². The van der Waals surface area contributed by atoms with Crippen LogP contribution in [0.25, 0.3) is 0 Å². The van der Waals surface area contributed by atoms with Crippen molar-refractivity contribution in [2.24, 2.45) is 0 Å². The number of rotatable bonds is 7. The predicted molar refractivity (Wildman–Crippen MR) is 123 cm³/mol. The van der Waals surface area contributed by atoms with Gasteiger partial charge in [0.25, 0.3) is 0 Å². The fourth-order valence-corrected chi connectivity index (χ4v) is 4.59. The topological polar surface area (TPSA) is 64.6 Å². The van der Waals surface area contributed by atoms with Gasteiger partial charge < -0.3 is 14.2 Å². The number of halogens is 1. The SMILES string of the molecule is COc1cc(CNc2cccc(C)c2C)cc(Br)c1OS(=O)(=O)c1ccc(C)cc1. The van der Waals surface area contributed by atoms with Crippen LogP contribution in [0.3, 0.4) is 0 Å². The summed E-state index contributed by atoms with van der Waals surface area (Å²) in [4.78, 5) is 0.0859. The monoisotopic (exact) mass is 489 g/mol. The average Bonchev–Trinajstić information content (AvgIpc) is 2.71. The quantitative estimate of drug-likeness (QED) is 0.427. The molecule has 3 aromatic rings. The lowest BCUT2D eigenvalue weighted by Crippen LogP contribution is -2.11. The highest BCUT2D eigenvalue weighted by Crippen LogP contribution is 2.38. The molecule has 0 radical (unpaired) electrons. The second-order valence-corrected chi connectivity index (χ2v) is 9.46. The van der Waals surface area contributed by atoms with Gasteiger partial charge in [-0.3, -0.25) is 0 Å². The Morgan fingerprint density at radius 3 is 2.37 bits per heavy atom. The Kier molecular flexibility index (Phi) is 6.73. The van der Waals surface area contributed by atoms with Crippen molar-refractivity contribution in [3.05, 3.63) is 81.3 Å². The Labute approximate surface area is 186 Å². The Morgan fingerprint density at radius 1 is 1.00 bits per heavy atom. The highest BCUT2D eigenvalue weighted by atomic mass is 79.9. The summed E-state index contributed by atoms with van der Waals surface area (Å²) in [5.41, 5.74) is 5.33. The number of benzene rings is 3. The van der Waals surface area contributed by atoms with Gasteiger partial charge in [-0.15, -0.1) is 0 Å². The second-order valence-electron chi connectivity index (χ2n) is 7.06. The number of nitrogens with one attached hydrogen (secondary N) is 1. The van der Waals surface area contributed by atoms with E-state index >= 15 is 0 Å². The van der Waals surface area contributed by atoms with Crippen LogP contribution in [0.1, 0.15) is 22.3 Å². The fourth-order valence-electron chi connectivity index (χ4n) is 2.96. The van der Waals surface area contributed by atoms with E-state index < -0.39 is 10.1 Å². The zero-order valence-electron chi connectivity index (χ0n) is 17.3. The van der Waals surface area contributed by atoms with E-state index in [1.807, 2.05) is 25.1 Å². The van der Waals surface area contributed by atoms with Crippen molar-refractivity contribution >= 4 is 31.7 Å². The molecular weight excluding hydrogens is 466 g/mol. The molecule has 0 unspecified atom stereocenters. The van der Waals surface area contributed by atoms with Gasteiger partial charge in [-0.25, -0.2) is 0 Å². The van der Waals surface area contributed by atoms with Gasteiger partial charge in [-0.2, -0.15) is 8.42 Å². The first kappa shape index (κ1) is 22.2. The van der Waals surface area contributed by atoms with Gasteiger partial charge in [0.05, 0.1) is 11.6 Å². The molecule has 0 bridgehead atoms. The van der Waals surface area contributed by atoms with Crippen LogP contribution in [0, 0.1) is 20.8 Å². The van der Waals surface area contributed by atoms with E-state index in [4.69, 9.17) is 8.92 Å². The van der Waals surface area contributed by atoms with Crippen molar-refractivity contribution in [2.45, 2.75) is 32.2 Å². The molecule has 0 fully saturated rings. The minimum Gasteiger partial charge on any atom is -0.493 e. The molecule has 0 saturated carbocycles. The maximum Gasteiger partial charge on any atom is 0.339 e. The molecule has 158 valence electrons. The number of hydrogen-bond acceptors (Lipinski definition) is 5. The van der Waals surface area contributed by atoms with Crippen molar-refractivity contribution in [1.29, 1.82) is 0 Å². The van der Waals surface area contributed by atoms with Crippen LogP contribution in [0.15, 0.2) is 64.0 Å². The van der Waals surface area contributed by atoms with E-state index in [1.54, 1.807) is 18.2 Å². The predicted octanol–water partition coefficient (Wildman–Crippen LogP) is 5.76. The Hall–Kier alpha value is -2.51. The Morgan fingerprint density at radius 2 is 1.70 bits per heavy atom. The number of aryl methyl sites for hydroxylation is 2. The average molecular weight is 490 g/mol. The molecule has 0 saturated heterocycles. The van der Waals surface area contributed by atoms with Gasteiger partial charge in [-0.1, -0.05) is 29.8 Å². The first-order chi connectivity index (χ1) is 14.2. The molecule has 30 heavy (non-hydrogen) atoms. The van der Waals surface area contributed by atoms with E-state index in [0.29, 0.717) is 16.8 Å². The number of ether oxygens (including phenoxy) is 1. The summed E-state index contributed by atoms with van der Waals surface area (Å²) >= 11 is 3.43. The third-order valence-corrected chi connectivity index (χ3v) is 6.70. The van der Waals surface area contributed by atoms with Gasteiger partial charge >= 0.3 is 10.1 Å². The maximum absolute atomic E-state index is 12.7. The minimum absolute atomic E-state index is 0.0859. The number of hydrogen-bond donors (Lipinski definition) is 1. The van der Waals surface area contributed by atoms with E-state index in [-0.39, 0.29) is 10.6 Å². The molecule has 5 nitrogen and oxygen atoms in total. The van der Waals surface area contributed by atoms with Crippen LogP contribution in [0.2, 0.25) is 0 Å². The Bertz CT molecular complexity index is 1160. The highest BCUT2D eigenvalue weighted by molar-refractivity contribution is 9.10. The Balaban J connectivity index is 1.85. The lowest BCUT2D eigenvalue weighted by molar-refractivity contribution is 0.389. The minimum atomic E-state index is -3.99. The van der Waals surface area contributed by atoms with Crippen molar-refractivity contribution in [3.8, 4) is 11.5 Å². The molecule has 0 aliphatic rings. The van der Waals surface area contributed by atoms with Crippen LogP contribution in [0.5, 0.6) is 11.5 Å². The molecular formula is C23H24BrNO4S. The second kappa shape index (κ2) is 9.10. The van der Waals surface area contributed by atoms with E-state index in [2.05, 4.69) is 41.2 Å². The van der Waals surface area contributed by atoms with Gasteiger partial charge in [0, 0.05) is 12.2 Å². The van der Waals surface area contributed by atoms with Gasteiger partial charge in [0.15, 0.2) is 11.5 Å². The highest BCUT2D eigenvalue weighted by Gasteiger charge is 2.22. The molecule has 7 heteroatoms. The van der Waals surface area contributed by atoms with Gasteiger partial charge in [0.1, 0.15) is 4.90 Å². The molecule has 0 aromatic heterocycles. The third kappa shape index (κ3) is 4.96. The molecule has 3 rings (SSSR count). The normalized spacial score (nSPS) is 11.2. The smallest absolute Gasteiger partial charge is 0.339 e. The van der Waals surface area contributed by atoms with Crippen molar-refractivity contribution in [2.75, 3.05) is 12.4 Å². The molecule has 3 aromatic carbocycles. The summed E-state index contributed by atoms with van der Waals surface area (Å²) in [6.07, 6.45) is 0. The van der Waals surface area contributed by atoms with E-state index in [0.717, 1.165) is 16.8 Å². The molecule has 0 spiro atoms. The van der Waals surface area contributed by atoms with Crippen LogP contribution < -0.4 is 14.2 Å². The fraction of sp³-hybridized carbons (Fsp3) is 0.217. The molecule has 0 heterocycles. The van der Waals surface area contributed by atoms with Crippen molar-refractivity contribution in [3.63, 3.8) is 0 Å². The lowest BCUT2D eigenvalue weighted by Gasteiger charge is -2.16. The lowest BCUT2D eigenvalue weighted by atomic mass is 10.1. The van der Waals surface area contributed by atoms with Crippen LogP contribution in [-0.4, -0.2) is 15.5 Å². The molecule has 0 aliphatic carbocycles. The van der Waals surface area contributed by atoms with E-state index in [1.165, 1.54) is 30.4 Å². The summed E-state index contributed by atoms with van der Waals surface area (Å²) in [5.74, 6) is 0.450. The first-order valence-corrected chi connectivity index (χ1v) is 11.6. The van der Waals surface area contributed by atoms with Crippen LogP contribution >= 0.6 is 15.9 Å². The zero-order valence-corrected chi connectivity index (χ0v) is 19.7. The summed E-state index contributed by atoms with van der Waals surface area (Å²) in [7, 11) is -2.51. The van der Waals surface area contributed by atoms with Crippen molar-refractivity contribution in [1.82, 2.24) is 0 Å². The molecule has 0 atom stereocenters. The van der Waals surface area contributed by atoms with Gasteiger partial charge in [0.2, 0.25) is 0 Å². The maximum atomic E-state index is 12.7. The molecule has 0 amide bonds. The third-order valence-electron chi connectivity index (χ3n) is 4.88. The summed E-state index contributed by atoms with van der Waals surface area (Å²) in [6.45, 7) is 6.58. The van der Waals surface area contributed by atoms with Crippen molar-refractivity contribution < 1.29 is 17.3 Å². The van der Waals surface area contributed by atoms with Crippen LogP contribution in [-0.2, 0) is 16.7 Å². The summed E-state index contributed by atoms with van der Waals surface area (Å²) < 4.78 is 36.7. The number of anilines is 1.